The number of hydrogen-bond acceptors (Lipinski definition) is 4. The van der Waals surface area contributed by atoms with Gasteiger partial charge in [0.1, 0.15) is 0 Å². The Bertz CT molecular complexity index is 682. The molecular formula is C18H20N2O4. The van der Waals surface area contributed by atoms with Gasteiger partial charge in [0.2, 0.25) is 0 Å². The van der Waals surface area contributed by atoms with E-state index in [2.05, 4.69) is 10.6 Å². The molecule has 0 aliphatic rings. The quantitative estimate of drug-likeness (QED) is 0.670. The van der Waals surface area contributed by atoms with Crippen LogP contribution in [-0.2, 0) is 9.59 Å². The Morgan fingerprint density at radius 3 is 1.50 bits per heavy atom. The minimum atomic E-state index is -1.88. The second kappa shape index (κ2) is 7.72. The van der Waals surface area contributed by atoms with Crippen molar-refractivity contribution in [2.75, 3.05) is 10.6 Å². The summed E-state index contributed by atoms with van der Waals surface area (Å²) in [5.41, 5.74) is 2.82. The van der Waals surface area contributed by atoms with Gasteiger partial charge in [0.05, 0.1) is 0 Å². The smallest absolute Gasteiger partial charge is 0.256 e. The van der Waals surface area contributed by atoms with Gasteiger partial charge in [-0.25, -0.2) is 0 Å². The molecule has 0 unspecified atom stereocenters. The first-order valence-corrected chi connectivity index (χ1v) is 7.48. The Balaban J connectivity index is 1.98. The summed E-state index contributed by atoms with van der Waals surface area (Å²) in [7, 11) is 0. The predicted molar refractivity (Wildman–Crippen MR) is 91.6 cm³/mol. The number of amides is 2. The van der Waals surface area contributed by atoms with E-state index in [1.807, 2.05) is 26.0 Å². The number of nitrogens with one attached hydrogen (secondary N) is 2. The van der Waals surface area contributed by atoms with Gasteiger partial charge in [0.15, 0.2) is 12.2 Å². The number of anilines is 2. The summed E-state index contributed by atoms with van der Waals surface area (Å²) in [5, 5.41) is 24.7. The average molecular weight is 328 g/mol. The maximum Gasteiger partial charge on any atom is 0.256 e. The maximum atomic E-state index is 12.0. The van der Waals surface area contributed by atoms with Crippen LogP contribution in [0.4, 0.5) is 11.4 Å². The van der Waals surface area contributed by atoms with Gasteiger partial charge in [-0.1, -0.05) is 24.3 Å². The van der Waals surface area contributed by atoms with Crippen LogP contribution in [0.2, 0.25) is 0 Å². The van der Waals surface area contributed by atoms with Crippen LogP contribution in [0.3, 0.4) is 0 Å². The molecule has 24 heavy (non-hydrogen) atoms. The number of hydrogen-bond donors (Lipinski definition) is 4. The third kappa shape index (κ3) is 4.65. The molecule has 4 N–H and O–H groups in total. The van der Waals surface area contributed by atoms with E-state index in [4.69, 9.17) is 0 Å². The van der Waals surface area contributed by atoms with Gasteiger partial charge in [0.25, 0.3) is 11.8 Å². The van der Waals surface area contributed by atoms with E-state index in [0.29, 0.717) is 11.4 Å². The van der Waals surface area contributed by atoms with E-state index in [-0.39, 0.29) is 0 Å². The van der Waals surface area contributed by atoms with Crippen molar-refractivity contribution in [1.82, 2.24) is 0 Å². The molecule has 0 spiro atoms. The van der Waals surface area contributed by atoms with Crippen LogP contribution in [0.1, 0.15) is 11.1 Å². The van der Waals surface area contributed by atoms with E-state index < -0.39 is 24.0 Å². The first-order chi connectivity index (χ1) is 11.4. The minimum Gasteiger partial charge on any atom is -0.380 e. The molecule has 2 atom stereocenters. The van der Waals surface area contributed by atoms with Crippen molar-refractivity contribution in [3.05, 3.63) is 59.7 Å². The molecule has 2 aromatic carbocycles. The molecule has 0 fully saturated rings. The second-order valence-electron chi connectivity index (χ2n) is 5.61. The molecular weight excluding hydrogens is 308 g/mol. The van der Waals surface area contributed by atoms with Crippen LogP contribution in [0, 0.1) is 13.8 Å². The largest absolute Gasteiger partial charge is 0.380 e. The fourth-order valence-corrected chi connectivity index (χ4v) is 2.16. The molecule has 2 aromatic rings. The van der Waals surface area contributed by atoms with Crippen LogP contribution in [0.15, 0.2) is 48.5 Å². The lowest BCUT2D eigenvalue weighted by molar-refractivity contribution is -0.139. The summed E-state index contributed by atoms with van der Waals surface area (Å²) in [6.07, 6.45) is -3.76. The van der Waals surface area contributed by atoms with Crippen LogP contribution in [0.25, 0.3) is 0 Å². The molecule has 2 rings (SSSR count). The van der Waals surface area contributed by atoms with Gasteiger partial charge < -0.3 is 20.8 Å². The zero-order chi connectivity index (χ0) is 17.7. The highest BCUT2D eigenvalue weighted by Gasteiger charge is 2.30. The van der Waals surface area contributed by atoms with E-state index in [1.165, 1.54) is 0 Å². The number of carbonyl (C=O) groups excluding carboxylic acids is 2. The van der Waals surface area contributed by atoms with Gasteiger partial charge in [-0.2, -0.15) is 0 Å². The number of aryl methyl sites for hydroxylation is 2. The van der Waals surface area contributed by atoms with E-state index in [9.17, 15) is 19.8 Å². The van der Waals surface area contributed by atoms with Crippen LogP contribution in [-0.4, -0.2) is 34.2 Å². The Kier molecular flexibility index (Phi) is 5.68. The number of aliphatic hydroxyl groups is 2. The van der Waals surface area contributed by atoms with E-state index in [0.717, 1.165) is 11.1 Å². The van der Waals surface area contributed by atoms with Gasteiger partial charge in [-0.3, -0.25) is 9.59 Å². The minimum absolute atomic E-state index is 0.477. The summed E-state index contributed by atoms with van der Waals surface area (Å²) in [6.45, 7) is 3.71. The molecule has 126 valence electrons. The first-order valence-electron chi connectivity index (χ1n) is 7.48. The molecule has 0 heterocycles. The van der Waals surface area contributed by atoms with Gasteiger partial charge in [-0.05, 0) is 49.2 Å². The predicted octanol–water partition coefficient (Wildman–Crippen LogP) is 1.60. The summed E-state index contributed by atoms with van der Waals surface area (Å²) < 4.78 is 0. The van der Waals surface area contributed by atoms with Crippen molar-refractivity contribution in [3.8, 4) is 0 Å². The molecule has 6 nitrogen and oxygen atoms in total. The average Bonchev–Trinajstić information content (AvgIpc) is 2.53. The number of rotatable bonds is 5. The van der Waals surface area contributed by atoms with Crippen LogP contribution >= 0.6 is 0 Å². The summed E-state index contributed by atoms with van der Waals surface area (Å²) in [6, 6.07) is 13.9. The maximum absolute atomic E-state index is 12.0. The lowest BCUT2D eigenvalue weighted by Crippen LogP contribution is -2.45. The Morgan fingerprint density at radius 2 is 1.17 bits per heavy atom. The van der Waals surface area contributed by atoms with Gasteiger partial charge in [-0.15, -0.1) is 0 Å². The summed E-state index contributed by atoms with van der Waals surface area (Å²) >= 11 is 0. The number of carbonyl (C=O) groups is 2. The third-order valence-corrected chi connectivity index (χ3v) is 3.41. The molecule has 0 aliphatic heterocycles. The molecule has 0 bridgehead atoms. The highest BCUT2D eigenvalue weighted by atomic mass is 16.3. The fourth-order valence-electron chi connectivity index (χ4n) is 2.16. The van der Waals surface area contributed by atoms with Crippen molar-refractivity contribution in [2.24, 2.45) is 0 Å². The van der Waals surface area contributed by atoms with Crippen molar-refractivity contribution in [1.29, 1.82) is 0 Å². The topological polar surface area (TPSA) is 98.7 Å². The first kappa shape index (κ1) is 17.7. The highest BCUT2D eigenvalue weighted by Crippen LogP contribution is 2.12. The number of benzene rings is 2. The Morgan fingerprint density at radius 1 is 0.792 bits per heavy atom. The molecule has 0 saturated carbocycles. The lowest BCUT2D eigenvalue weighted by Gasteiger charge is -2.17. The summed E-state index contributed by atoms with van der Waals surface area (Å²) in [5.74, 6) is -1.71. The fraction of sp³-hybridized carbons (Fsp3) is 0.222. The standard InChI is InChI=1S/C18H20N2O4/c1-11-5-3-7-13(9-11)19-17(23)15(21)16(22)18(24)20-14-8-4-6-12(2)10-14/h3-10,15-16,21-22H,1-2H3,(H,19,23)(H,20,24)/t15-,16+. The molecule has 6 heteroatoms. The van der Waals surface area contributed by atoms with E-state index >= 15 is 0 Å². The number of aliphatic hydroxyl groups excluding tert-OH is 2. The Hall–Kier alpha value is -2.70. The lowest BCUT2D eigenvalue weighted by atomic mass is 10.1. The van der Waals surface area contributed by atoms with E-state index in [1.54, 1.807) is 36.4 Å². The van der Waals surface area contributed by atoms with Crippen LogP contribution < -0.4 is 10.6 Å². The normalized spacial score (nSPS) is 13.0. The third-order valence-electron chi connectivity index (χ3n) is 3.41. The molecule has 0 aliphatic carbocycles. The SMILES string of the molecule is Cc1cccc(NC(=O)[C@@H](O)[C@@H](O)C(=O)Nc2cccc(C)c2)c1. The molecule has 2 amide bonds. The molecule has 0 radical (unpaired) electrons. The van der Waals surface area contributed by atoms with Crippen LogP contribution in [0.5, 0.6) is 0 Å². The van der Waals surface area contributed by atoms with Crippen molar-refractivity contribution in [2.45, 2.75) is 26.1 Å². The van der Waals surface area contributed by atoms with Gasteiger partial charge in [0, 0.05) is 11.4 Å². The van der Waals surface area contributed by atoms with Crippen molar-refractivity contribution < 1.29 is 19.8 Å². The summed E-state index contributed by atoms with van der Waals surface area (Å²) in [4.78, 5) is 24.0. The second-order valence-corrected chi connectivity index (χ2v) is 5.61. The van der Waals surface area contributed by atoms with Crippen molar-refractivity contribution in [3.63, 3.8) is 0 Å². The van der Waals surface area contributed by atoms with Crippen molar-refractivity contribution >= 4 is 23.2 Å². The zero-order valence-corrected chi connectivity index (χ0v) is 13.5. The monoisotopic (exact) mass is 328 g/mol. The Labute approximate surface area is 140 Å². The zero-order valence-electron chi connectivity index (χ0n) is 13.5. The highest BCUT2D eigenvalue weighted by molar-refractivity contribution is 6.02. The molecule has 0 saturated heterocycles. The van der Waals surface area contributed by atoms with Gasteiger partial charge >= 0.3 is 0 Å². The molecule has 0 aromatic heterocycles.